The number of likely N-dealkylation sites (N-methyl/N-ethyl adjacent to an activating group) is 1. The van der Waals surface area contributed by atoms with E-state index in [2.05, 4.69) is 41.1 Å². The molecule has 0 radical (unpaired) electrons. The lowest BCUT2D eigenvalue weighted by Crippen LogP contribution is -2.47. The number of fused-ring (bicyclic) bond motifs is 1. The molecule has 0 aromatic heterocycles. The largest absolute Gasteiger partial charge is 0.497 e. The second kappa shape index (κ2) is 7.03. The van der Waals surface area contributed by atoms with Gasteiger partial charge in [-0.2, -0.15) is 0 Å². The Labute approximate surface area is 156 Å². The predicted molar refractivity (Wildman–Crippen MR) is 103 cm³/mol. The Bertz CT molecular complexity index is 734. The smallest absolute Gasteiger partial charge is 0.118 e. The summed E-state index contributed by atoms with van der Waals surface area (Å²) in [5, 5.41) is 11.3. The van der Waals surface area contributed by atoms with Crippen LogP contribution in [0.1, 0.15) is 30.4 Å². The molecule has 0 bridgehead atoms. The summed E-state index contributed by atoms with van der Waals surface area (Å²) in [6.45, 7) is 1.89. The number of hydrogen-bond acceptors (Lipinski definition) is 4. The van der Waals surface area contributed by atoms with Crippen molar-refractivity contribution in [2.45, 2.75) is 43.5 Å². The highest BCUT2D eigenvalue weighted by Crippen LogP contribution is 2.43. The van der Waals surface area contributed by atoms with Gasteiger partial charge >= 0.3 is 0 Å². The molecule has 0 spiro atoms. The number of methoxy groups -OCH3 is 1. The third kappa shape index (κ3) is 3.25. The molecule has 4 rings (SSSR count). The van der Waals surface area contributed by atoms with Crippen molar-refractivity contribution in [1.82, 2.24) is 9.80 Å². The van der Waals surface area contributed by atoms with Gasteiger partial charge in [-0.15, -0.1) is 0 Å². The maximum atomic E-state index is 11.3. The average Bonchev–Trinajstić information content (AvgIpc) is 2.98. The number of ether oxygens (including phenoxy) is 1. The van der Waals surface area contributed by atoms with Crippen molar-refractivity contribution in [3.8, 4) is 5.75 Å². The van der Waals surface area contributed by atoms with Gasteiger partial charge in [0.15, 0.2) is 0 Å². The number of nitrogens with zero attached hydrogens (tertiary/aromatic N) is 2. The van der Waals surface area contributed by atoms with E-state index in [4.69, 9.17) is 4.74 Å². The van der Waals surface area contributed by atoms with E-state index in [1.807, 2.05) is 30.3 Å². The first kappa shape index (κ1) is 17.5. The summed E-state index contributed by atoms with van der Waals surface area (Å²) < 4.78 is 5.26. The Morgan fingerprint density at radius 3 is 2.50 bits per heavy atom. The minimum absolute atomic E-state index is 0.396. The van der Waals surface area contributed by atoms with Gasteiger partial charge in [0, 0.05) is 18.6 Å². The van der Waals surface area contributed by atoms with Gasteiger partial charge < -0.3 is 9.84 Å². The van der Waals surface area contributed by atoms with E-state index in [-0.39, 0.29) is 0 Å². The van der Waals surface area contributed by atoms with Crippen LogP contribution in [0.5, 0.6) is 5.75 Å². The maximum absolute atomic E-state index is 11.3. The molecule has 1 aliphatic heterocycles. The molecule has 138 valence electrons. The standard InChI is InChI=1S/C22H28N2O2/c1-23-16-24(15-17-8-10-19(26-2)11-9-17)20-12-13-22(25,14-21(20)23)18-6-4-3-5-7-18/h3-11,20-21,25H,12-16H2,1-2H3/t20-,21-,22?/m1/s1. The molecular weight excluding hydrogens is 324 g/mol. The topological polar surface area (TPSA) is 35.9 Å². The van der Waals surface area contributed by atoms with Crippen molar-refractivity contribution < 1.29 is 9.84 Å². The number of aliphatic hydroxyl groups is 1. The Hall–Kier alpha value is -1.88. The van der Waals surface area contributed by atoms with Crippen LogP contribution in [0.25, 0.3) is 0 Å². The molecule has 4 nitrogen and oxygen atoms in total. The number of benzene rings is 2. The molecule has 1 N–H and O–H groups in total. The van der Waals surface area contributed by atoms with E-state index in [1.165, 1.54) is 5.56 Å². The molecular formula is C22H28N2O2. The van der Waals surface area contributed by atoms with Crippen LogP contribution in [0.15, 0.2) is 54.6 Å². The highest BCUT2D eigenvalue weighted by molar-refractivity contribution is 5.28. The van der Waals surface area contributed by atoms with E-state index < -0.39 is 5.60 Å². The summed E-state index contributed by atoms with van der Waals surface area (Å²) >= 11 is 0. The van der Waals surface area contributed by atoms with Crippen LogP contribution in [0.4, 0.5) is 0 Å². The van der Waals surface area contributed by atoms with Crippen LogP contribution in [-0.4, -0.2) is 47.8 Å². The van der Waals surface area contributed by atoms with E-state index in [0.29, 0.717) is 12.1 Å². The van der Waals surface area contributed by atoms with Gasteiger partial charge in [0.2, 0.25) is 0 Å². The third-order valence-corrected chi connectivity index (χ3v) is 6.14. The van der Waals surface area contributed by atoms with Crippen LogP contribution in [0.3, 0.4) is 0 Å². The molecule has 26 heavy (non-hydrogen) atoms. The molecule has 0 amide bonds. The maximum Gasteiger partial charge on any atom is 0.118 e. The summed E-state index contributed by atoms with van der Waals surface area (Å²) in [5.74, 6) is 0.899. The predicted octanol–water partition coefficient (Wildman–Crippen LogP) is 3.21. The molecule has 1 saturated heterocycles. The second-order valence-electron chi connectivity index (χ2n) is 7.77. The monoisotopic (exact) mass is 352 g/mol. The van der Waals surface area contributed by atoms with Crippen LogP contribution in [0.2, 0.25) is 0 Å². The summed E-state index contributed by atoms with van der Waals surface area (Å²) in [6, 6.07) is 19.4. The molecule has 1 heterocycles. The molecule has 1 saturated carbocycles. The summed E-state index contributed by atoms with van der Waals surface area (Å²) in [6.07, 6.45) is 2.65. The number of hydrogen-bond donors (Lipinski definition) is 1. The highest BCUT2D eigenvalue weighted by Gasteiger charge is 2.47. The Morgan fingerprint density at radius 1 is 1.08 bits per heavy atom. The summed E-state index contributed by atoms with van der Waals surface area (Å²) in [7, 11) is 3.88. The first-order chi connectivity index (χ1) is 12.6. The van der Waals surface area contributed by atoms with Gasteiger partial charge in [-0.25, -0.2) is 0 Å². The normalized spacial score (nSPS) is 29.5. The van der Waals surface area contributed by atoms with Crippen molar-refractivity contribution in [3.63, 3.8) is 0 Å². The molecule has 3 atom stereocenters. The molecule has 2 aromatic rings. The van der Waals surface area contributed by atoms with Crippen LogP contribution < -0.4 is 4.74 Å². The van der Waals surface area contributed by atoms with Crippen molar-refractivity contribution in [2.75, 3.05) is 20.8 Å². The van der Waals surface area contributed by atoms with E-state index in [0.717, 1.165) is 43.8 Å². The van der Waals surface area contributed by atoms with E-state index >= 15 is 0 Å². The number of rotatable bonds is 4. The molecule has 1 unspecified atom stereocenters. The first-order valence-electron chi connectivity index (χ1n) is 9.44. The second-order valence-corrected chi connectivity index (χ2v) is 7.77. The van der Waals surface area contributed by atoms with Crippen molar-refractivity contribution in [2.24, 2.45) is 0 Å². The van der Waals surface area contributed by atoms with Gasteiger partial charge in [-0.1, -0.05) is 42.5 Å². The molecule has 2 fully saturated rings. The molecule has 1 aliphatic carbocycles. The van der Waals surface area contributed by atoms with E-state index in [1.54, 1.807) is 7.11 Å². The zero-order valence-electron chi connectivity index (χ0n) is 15.6. The van der Waals surface area contributed by atoms with Crippen LogP contribution >= 0.6 is 0 Å². The zero-order chi connectivity index (χ0) is 18.1. The fraction of sp³-hybridized carbons (Fsp3) is 0.455. The average molecular weight is 352 g/mol. The minimum Gasteiger partial charge on any atom is -0.497 e. The SMILES string of the molecule is COc1ccc(CN2CN(C)[C@@H]3CC(O)(c4ccccc4)CC[C@H]32)cc1. The Balaban J connectivity index is 1.48. The molecule has 2 aromatic carbocycles. The summed E-state index contributed by atoms with van der Waals surface area (Å²) in [4.78, 5) is 4.96. The lowest BCUT2D eigenvalue weighted by atomic mass is 9.75. The zero-order valence-corrected chi connectivity index (χ0v) is 15.6. The van der Waals surface area contributed by atoms with Gasteiger partial charge in [-0.3, -0.25) is 9.80 Å². The Kier molecular flexibility index (Phi) is 4.74. The van der Waals surface area contributed by atoms with Gasteiger partial charge in [-0.05, 0) is 49.6 Å². The van der Waals surface area contributed by atoms with Crippen molar-refractivity contribution in [1.29, 1.82) is 0 Å². The Morgan fingerprint density at radius 2 is 1.81 bits per heavy atom. The van der Waals surface area contributed by atoms with Crippen LogP contribution in [-0.2, 0) is 12.1 Å². The lowest BCUT2D eigenvalue weighted by Gasteiger charge is -2.42. The fourth-order valence-electron chi connectivity index (χ4n) is 4.68. The van der Waals surface area contributed by atoms with Crippen molar-refractivity contribution >= 4 is 0 Å². The van der Waals surface area contributed by atoms with E-state index in [9.17, 15) is 5.11 Å². The third-order valence-electron chi connectivity index (χ3n) is 6.14. The van der Waals surface area contributed by atoms with Gasteiger partial charge in [0.05, 0.1) is 19.4 Å². The van der Waals surface area contributed by atoms with Crippen molar-refractivity contribution in [3.05, 3.63) is 65.7 Å². The summed E-state index contributed by atoms with van der Waals surface area (Å²) in [5.41, 5.74) is 1.66. The molecule has 2 aliphatic rings. The fourth-order valence-corrected chi connectivity index (χ4v) is 4.68. The van der Waals surface area contributed by atoms with Crippen LogP contribution in [0, 0.1) is 0 Å². The minimum atomic E-state index is -0.702. The molecule has 4 heteroatoms. The van der Waals surface area contributed by atoms with Gasteiger partial charge in [0.1, 0.15) is 5.75 Å². The highest BCUT2D eigenvalue weighted by atomic mass is 16.5. The quantitative estimate of drug-likeness (QED) is 0.917. The lowest BCUT2D eigenvalue weighted by molar-refractivity contribution is -0.0323. The first-order valence-corrected chi connectivity index (χ1v) is 9.44. The van der Waals surface area contributed by atoms with Gasteiger partial charge in [0.25, 0.3) is 0 Å².